The van der Waals surface area contributed by atoms with Crippen molar-refractivity contribution in [1.82, 2.24) is 0 Å². The van der Waals surface area contributed by atoms with Gasteiger partial charge in [0.05, 0.1) is 41.1 Å². The average molecular weight is 653 g/mol. The van der Waals surface area contributed by atoms with Crippen LogP contribution in [0.1, 0.15) is 41.1 Å². The molecule has 9 aromatic carbocycles. The minimum Gasteiger partial charge on any atom is -0.456 e. The summed E-state index contributed by atoms with van der Waals surface area (Å²) in [5, 5.41) is -5.31. The molecule has 0 aliphatic heterocycles. The Bertz CT molecular complexity index is 4460. The molecule has 1 heteroatoms. The summed E-state index contributed by atoms with van der Waals surface area (Å²) in [6.07, 6.45) is 0. The molecule has 0 aliphatic rings. The van der Waals surface area contributed by atoms with Crippen LogP contribution in [0.25, 0.3) is 98.8 Å². The largest absolute Gasteiger partial charge is 0.456 e. The van der Waals surface area contributed by atoms with Crippen molar-refractivity contribution in [1.29, 1.82) is 0 Å². The van der Waals surface area contributed by atoms with E-state index in [1.165, 1.54) is 0 Å². The van der Waals surface area contributed by atoms with Gasteiger partial charge in [0, 0.05) is 10.8 Å². The molecule has 0 N–H and O–H groups in total. The second kappa shape index (κ2) is 11.1. The van der Waals surface area contributed by atoms with Crippen molar-refractivity contribution in [2.75, 3.05) is 0 Å². The number of hydrogen-bond donors (Lipinski definition) is 0. The van der Waals surface area contributed by atoms with Gasteiger partial charge in [0.1, 0.15) is 11.2 Å². The van der Waals surface area contributed by atoms with E-state index in [0.29, 0.717) is 0 Å². The first-order chi connectivity index (χ1) is 36.8. The average Bonchev–Trinajstić information content (AvgIpc) is 3.85. The smallest absolute Gasteiger partial charge is 0.136 e. The first-order valence-electron chi connectivity index (χ1n) is 29.4. The van der Waals surface area contributed by atoms with E-state index in [4.69, 9.17) is 29.1 Å². The van der Waals surface area contributed by atoms with Gasteiger partial charge in [-0.25, -0.2) is 0 Å². The fourth-order valence-electron chi connectivity index (χ4n) is 5.61. The van der Waals surface area contributed by atoms with E-state index < -0.39 is 280 Å². The third-order valence-electron chi connectivity index (χ3n) is 7.76. The lowest BCUT2D eigenvalue weighted by Crippen LogP contribution is -1.91. The van der Waals surface area contributed by atoms with E-state index >= 15 is 0 Å². The third kappa shape index (κ3) is 4.55. The van der Waals surface area contributed by atoms with Crippen molar-refractivity contribution >= 4 is 54.3 Å². The quantitative estimate of drug-likeness (QED) is 0.172. The molecule has 1 aromatic heterocycles. The van der Waals surface area contributed by atoms with Crippen LogP contribution in [0.4, 0.5) is 0 Å². The highest BCUT2D eigenvalue weighted by Crippen LogP contribution is 2.45. The molecule has 0 spiro atoms. The lowest BCUT2D eigenvalue weighted by atomic mass is 9.85. The fourth-order valence-corrected chi connectivity index (χ4v) is 5.61. The van der Waals surface area contributed by atoms with E-state index in [0.717, 1.165) is 0 Å². The van der Waals surface area contributed by atoms with Gasteiger partial charge in [0.2, 0.25) is 0 Å². The van der Waals surface area contributed by atoms with Crippen molar-refractivity contribution < 1.29 is 45.5 Å². The molecule has 0 fully saturated rings. The highest BCUT2D eigenvalue weighted by molar-refractivity contribution is 6.22. The second-order valence-corrected chi connectivity index (χ2v) is 10.5. The van der Waals surface area contributed by atoms with Gasteiger partial charge in [-0.05, 0) is 107 Å². The molecule has 228 valence electrons. The van der Waals surface area contributed by atoms with Crippen LogP contribution in [0, 0.1) is 0 Å². The normalized spacial score (nSPS) is 20.2. The SMILES string of the molecule is [2H]c1c([2H])c([2H])c(-c2c([2H])c([2H])c3oc4c([2H])c(-c5c6c([2H])c([2H])c([2H])c([2H])c6c(-c6c([2H])c([2H])c(-c7c([2H])c([2H])c8c([2H])c([2H])c([2H])c([2H])c8c7[2H])c([2H])c6[2H])c6c([2H])c([2H])c([2H])c([2H])c56)c([2H])c([2H])c4c3c2[2H])c([2H])c1[2H]. The Hall–Kier alpha value is -6.44. The summed E-state index contributed by atoms with van der Waals surface area (Å²) in [7, 11) is 0. The van der Waals surface area contributed by atoms with Crippen LogP contribution < -0.4 is 0 Å². The molecule has 0 saturated carbocycles. The topological polar surface area (TPSA) is 13.1 Å². The van der Waals surface area contributed by atoms with Gasteiger partial charge < -0.3 is 4.42 Å². The lowest BCUT2D eigenvalue weighted by Gasteiger charge is -2.18. The summed E-state index contributed by atoms with van der Waals surface area (Å²) in [6, 6.07) is -28.2. The van der Waals surface area contributed by atoms with E-state index in [1.807, 2.05) is 0 Å². The predicted octanol–water partition coefficient (Wildman–Crippen LogP) is 13.7. The Kier molecular flexibility index (Phi) is 2.50. The molecule has 0 bridgehead atoms. The second-order valence-electron chi connectivity index (χ2n) is 10.5. The molecule has 49 heavy (non-hydrogen) atoms. The summed E-state index contributed by atoms with van der Waals surface area (Å²) in [5.74, 6) is 0. The summed E-state index contributed by atoms with van der Waals surface area (Å²) in [4.78, 5) is 0. The Balaban J connectivity index is 1.39. The minimum atomic E-state index is -1.11. The van der Waals surface area contributed by atoms with Gasteiger partial charge in [0.15, 0.2) is 0 Å². The molecule has 1 nitrogen and oxygen atoms in total. The first kappa shape index (κ1) is 11.1. The summed E-state index contributed by atoms with van der Waals surface area (Å²) < 4.78 is 275. The monoisotopic (exact) mass is 652 g/mol. The highest BCUT2D eigenvalue weighted by Gasteiger charge is 2.18. The predicted molar refractivity (Wildman–Crippen MR) is 208 cm³/mol. The molecule has 0 radical (unpaired) electrons. The maximum atomic E-state index is 9.72. The van der Waals surface area contributed by atoms with Gasteiger partial charge in [-0.3, -0.25) is 0 Å². The zero-order chi connectivity index (χ0) is 58.4. The molecule has 0 amide bonds. The van der Waals surface area contributed by atoms with Gasteiger partial charge in [-0.2, -0.15) is 0 Å². The molecular weight excluding hydrogens is 593 g/mol. The van der Waals surface area contributed by atoms with Crippen molar-refractivity contribution in [3.63, 3.8) is 0 Å². The standard InChI is InChI=1S/C48H30O/c1-2-10-31(11-3-1)37-25-27-45-44(29-37)39-26-24-38(30-46(39)49-45)48-42-16-8-6-14-40(42)47(41-15-7-9-17-43(41)48)34-21-18-33(19-22-34)36-23-20-32-12-4-5-13-35(32)28-36/h1-30H/i1D,2D,3D,4D,5D,6D,7D,8D,9D,10D,11D,12D,13D,14D,15D,16D,17D,18D,19D,20D,21D,22D,23D,24D,25D,26D,27D,28D,29D,30D. The maximum Gasteiger partial charge on any atom is 0.136 e. The molecule has 10 rings (SSSR count). The van der Waals surface area contributed by atoms with E-state index in [9.17, 15) is 16.4 Å². The summed E-state index contributed by atoms with van der Waals surface area (Å²) >= 11 is 0. The third-order valence-corrected chi connectivity index (χ3v) is 7.76. The van der Waals surface area contributed by atoms with Crippen LogP contribution in [0.5, 0.6) is 0 Å². The van der Waals surface area contributed by atoms with Crippen molar-refractivity contribution in [3.05, 3.63) is 181 Å². The highest BCUT2D eigenvalue weighted by atomic mass is 16.3. The Morgan fingerprint density at radius 1 is 0.286 bits per heavy atom. The Labute approximate surface area is 326 Å². The van der Waals surface area contributed by atoms with Crippen molar-refractivity contribution in [2.24, 2.45) is 0 Å². The van der Waals surface area contributed by atoms with Crippen LogP contribution in [-0.4, -0.2) is 0 Å². The lowest BCUT2D eigenvalue weighted by molar-refractivity contribution is 0.669. The number of furan rings is 1. The molecule has 0 atom stereocenters. The van der Waals surface area contributed by atoms with Crippen LogP contribution in [0.3, 0.4) is 0 Å². The van der Waals surface area contributed by atoms with Gasteiger partial charge >= 0.3 is 0 Å². The Morgan fingerprint density at radius 3 is 1.51 bits per heavy atom. The summed E-state index contributed by atoms with van der Waals surface area (Å²) in [6.45, 7) is 0. The van der Waals surface area contributed by atoms with Gasteiger partial charge in [-0.1, -0.05) is 151 Å². The zero-order valence-electron chi connectivity index (χ0n) is 54.4. The van der Waals surface area contributed by atoms with Crippen molar-refractivity contribution in [3.8, 4) is 44.5 Å². The summed E-state index contributed by atoms with van der Waals surface area (Å²) in [5.41, 5.74) is -7.56. The number of rotatable bonds is 4. The maximum absolute atomic E-state index is 9.72. The fraction of sp³-hybridized carbons (Fsp3) is 0. The molecule has 0 saturated heterocycles. The first-order valence-corrected chi connectivity index (χ1v) is 14.4. The van der Waals surface area contributed by atoms with Crippen LogP contribution in [-0.2, 0) is 0 Å². The van der Waals surface area contributed by atoms with E-state index in [-0.39, 0.29) is 0 Å². The molecule has 1 heterocycles. The Morgan fingerprint density at radius 2 is 0.796 bits per heavy atom. The molecular formula is C48H30O. The van der Waals surface area contributed by atoms with E-state index in [1.54, 1.807) is 0 Å². The van der Waals surface area contributed by atoms with Crippen LogP contribution in [0.15, 0.2) is 186 Å². The van der Waals surface area contributed by atoms with Crippen LogP contribution in [0.2, 0.25) is 0 Å². The molecule has 10 aromatic rings. The number of hydrogen-bond acceptors (Lipinski definition) is 1. The number of fused-ring (bicyclic) bond motifs is 6. The van der Waals surface area contributed by atoms with Gasteiger partial charge in [0.25, 0.3) is 0 Å². The zero-order valence-corrected chi connectivity index (χ0v) is 24.4. The molecule has 0 aliphatic carbocycles. The molecule has 0 unspecified atom stereocenters. The van der Waals surface area contributed by atoms with E-state index in [2.05, 4.69) is 0 Å². The minimum absolute atomic E-state index is 0.529. The van der Waals surface area contributed by atoms with Crippen LogP contribution >= 0.6 is 0 Å². The van der Waals surface area contributed by atoms with Gasteiger partial charge in [-0.15, -0.1) is 0 Å². The van der Waals surface area contributed by atoms with Crippen molar-refractivity contribution in [2.45, 2.75) is 0 Å². The number of benzene rings is 9.